The van der Waals surface area contributed by atoms with Crippen molar-refractivity contribution in [3.63, 3.8) is 0 Å². The van der Waals surface area contributed by atoms with Gasteiger partial charge in [0.2, 0.25) is 0 Å². The van der Waals surface area contributed by atoms with Crippen molar-refractivity contribution in [1.29, 1.82) is 0 Å². The molecule has 92 valence electrons. The van der Waals surface area contributed by atoms with Gasteiger partial charge in [0.15, 0.2) is 0 Å². The second-order valence-corrected chi connectivity index (χ2v) is 6.28. The van der Waals surface area contributed by atoms with E-state index in [9.17, 15) is 0 Å². The van der Waals surface area contributed by atoms with Crippen molar-refractivity contribution in [2.75, 3.05) is 0 Å². The topological polar surface area (TPSA) is 18.5 Å². The van der Waals surface area contributed by atoms with Crippen LogP contribution < -0.4 is 5.46 Å². The molecular weight excluding hydrogens is 279 g/mol. The SMILES string of the molecule is Cc1cc(Br)ccc1B1O[C@@H](C)CC(C)(C)O1. The molecule has 1 fully saturated rings. The van der Waals surface area contributed by atoms with Gasteiger partial charge in [-0.05, 0) is 51.7 Å². The molecule has 1 aliphatic rings. The average Bonchev–Trinajstić information content (AvgIpc) is 2.13. The molecule has 1 aromatic carbocycles. The zero-order chi connectivity index (χ0) is 12.6. The molecule has 1 saturated heterocycles. The molecule has 1 aromatic rings. The van der Waals surface area contributed by atoms with E-state index in [4.69, 9.17) is 9.31 Å². The maximum atomic E-state index is 6.01. The Morgan fingerprint density at radius 1 is 1.41 bits per heavy atom. The first-order valence-corrected chi connectivity index (χ1v) is 6.76. The molecule has 0 N–H and O–H groups in total. The van der Waals surface area contributed by atoms with Gasteiger partial charge in [-0.2, -0.15) is 0 Å². The Kier molecular flexibility index (Phi) is 3.67. The van der Waals surface area contributed by atoms with Crippen molar-refractivity contribution >= 4 is 28.5 Å². The Hall–Kier alpha value is -0.315. The molecule has 2 nitrogen and oxygen atoms in total. The van der Waals surface area contributed by atoms with Gasteiger partial charge < -0.3 is 9.31 Å². The number of hydrogen-bond donors (Lipinski definition) is 0. The molecule has 1 atom stereocenters. The summed E-state index contributed by atoms with van der Waals surface area (Å²) in [5.41, 5.74) is 2.18. The maximum Gasteiger partial charge on any atom is 0.494 e. The van der Waals surface area contributed by atoms with Gasteiger partial charge in [0.1, 0.15) is 0 Å². The van der Waals surface area contributed by atoms with Crippen LogP contribution in [0, 0.1) is 6.92 Å². The zero-order valence-electron chi connectivity index (χ0n) is 10.8. The van der Waals surface area contributed by atoms with Crippen molar-refractivity contribution in [2.24, 2.45) is 0 Å². The lowest BCUT2D eigenvalue weighted by molar-refractivity contribution is -0.0230. The van der Waals surface area contributed by atoms with E-state index in [0.29, 0.717) is 0 Å². The Morgan fingerprint density at radius 3 is 2.71 bits per heavy atom. The normalized spacial score (nSPS) is 23.8. The minimum atomic E-state index is -0.248. The molecule has 0 amide bonds. The summed E-state index contributed by atoms with van der Waals surface area (Å²) in [5.74, 6) is 0. The highest BCUT2D eigenvalue weighted by Crippen LogP contribution is 2.26. The lowest BCUT2D eigenvalue weighted by Crippen LogP contribution is -2.52. The number of rotatable bonds is 1. The number of halogens is 1. The standard InChI is InChI=1S/C13H18BBrO2/c1-9-7-11(15)5-6-12(9)14-16-10(2)8-13(3,4)17-14/h5-7,10H,8H2,1-4H3/t10-/m0/s1. The lowest BCUT2D eigenvalue weighted by Gasteiger charge is -2.38. The van der Waals surface area contributed by atoms with Crippen LogP contribution in [-0.4, -0.2) is 18.8 Å². The largest absolute Gasteiger partial charge is 0.494 e. The minimum Gasteiger partial charge on any atom is -0.405 e. The number of aryl methyl sites for hydroxylation is 1. The molecule has 4 heteroatoms. The number of benzene rings is 1. The predicted octanol–water partition coefficient (Wildman–Crippen LogP) is 3.06. The van der Waals surface area contributed by atoms with Crippen LogP contribution in [0.15, 0.2) is 22.7 Å². The summed E-state index contributed by atoms with van der Waals surface area (Å²) < 4.78 is 13.0. The van der Waals surface area contributed by atoms with Gasteiger partial charge in [-0.25, -0.2) is 0 Å². The van der Waals surface area contributed by atoms with E-state index in [1.54, 1.807) is 0 Å². The van der Waals surface area contributed by atoms with Crippen molar-refractivity contribution in [3.8, 4) is 0 Å². The quantitative estimate of drug-likeness (QED) is 0.742. The molecule has 0 bridgehead atoms. The van der Waals surface area contributed by atoms with Gasteiger partial charge >= 0.3 is 7.12 Å². The van der Waals surface area contributed by atoms with E-state index in [2.05, 4.69) is 55.8 Å². The monoisotopic (exact) mass is 296 g/mol. The molecule has 17 heavy (non-hydrogen) atoms. The minimum absolute atomic E-state index is 0.123. The van der Waals surface area contributed by atoms with Crippen LogP contribution >= 0.6 is 15.9 Å². The van der Waals surface area contributed by atoms with E-state index < -0.39 is 0 Å². The summed E-state index contributed by atoms with van der Waals surface area (Å²) in [5, 5.41) is 0. The predicted molar refractivity (Wildman–Crippen MR) is 74.6 cm³/mol. The first kappa shape index (κ1) is 13.1. The third kappa shape index (κ3) is 3.12. The first-order valence-electron chi connectivity index (χ1n) is 5.97. The lowest BCUT2D eigenvalue weighted by atomic mass is 9.73. The van der Waals surface area contributed by atoms with E-state index in [0.717, 1.165) is 16.4 Å². The molecule has 1 heterocycles. The summed E-state index contributed by atoms with van der Waals surface area (Å²) in [6.07, 6.45) is 1.16. The zero-order valence-corrected chi connectivity index (χ0v) is 12.4. The Morgan fingerprint density at radius 2 is 2.12 bits per heavy atom. The fourth-order valence-electron chi connectivity index (χ4n) is 2.36. The van der Waals surface area contributed by atoms with Crippen LogP contribution in [0.5, 0.6) is 0 Å². The number of hydrogen-bond acceptors (Lipinski definition) is 2. The van der Waals surface area contributed by atoms with Gasteiger partial charge in [-0.1, -0.05) is 27.6 Å². The molecule has 1 aliphatic heterocycles. The average molecular weight is 297 g/mol. The van der Waals surface area contributed by atoms with Gasteiger partial charge in [-0.15, -0.1) is 0 Å². The molecule has 0 radical (unpaired) electrons. The van der Waals surface area contributed by atoms with Gasteiger partial charge in [-0.3, -0.25) is 0 Å². The van der Waals surface area contributed by atoms with Crippen LogP contribution in [0.2, 0.25) is 0 Å². The summed E-state index contributed by atoms with van der Waals surface area (Å²) >= 11 is 3.47. The van der Waals surface area contributed by atoms with E-state index in [1.807, 2.05) is 6.07 Å². The van der Waals surface area contributed by atoms with Crippen molar-refractivity contribution in [2.45, 2.75) is 45.8 Å². The third-order valence-corrected chi connectivity index (χ3v) is 3.54. The Labute approximate surface area is 112 Å². The summed E-state index contributed by atoms with van der Waals surface area (Å²) in [7, 11) is -0.248. The van der Waals surface area contributed by atoms with Crippen LogP contribution in [0.1, 0.15) is 32.8 Å². The molecule has 0 aromatic heterocycles. The van der Waals surface area contributed by atoms with Crippen molar-refractivity contribution < 1.29 is 9.31 Å². The first-order chi connectivity index (χ1) is 7.87. The highest BCUT2D eigenvalue weighted by atomic mass is 79.9. The van der Waals surface area contributed by atoms with Crippen LogP contribution in [0.3, 0.4) is 0 Å². The summed E-state index contributed by atoms with van der Waals surface area (Å²) in [6, 6.07) is 6.19. The van der Waals surface area contributed by atoms with Crippen LogP contribution in [0.25, 0.3) is 0 Å². The van der Waals surface area contributed by atoms with E-state index >= 15 is 0 Å². The molecular formula is C13H18BBrO2. The van der Waals surface area contributed by atoms with Gasteiger partial charge in [0.05, 0.1) is 5.60 Å². The van der Waals surface area contributed by atoms with E-state index in [-0.39, 0.29) is 18.8 Å². The summed E-state index contributed by atoms with van der Waals surface area (Å²) in [4.78, 5) is 0. The highest BCUT2D eigenvalue weighted by Gasteiger charge is 2.38. The Bertz CT molecular complexity index is 420. The van der Waals surface area contributed by atoms with Gasteiger partial charge in [0, 0.05) is 10.6 Å². The second kappa shape index (κ2) is 4.75. The summed E-state index contributed by atoms with van der Waals surface area (Å²) in [6.45, 7) is 8.42. The van der Waals surface area contributed by atoms with Crippen LogP contribution in [0.4, 0.5) is 0 Å². The maximum absolute atomic E-state index is 6.01. The Balaban J connectivity index is 2.27. The van der Waals surface area contributed by atoms with Crippen molar-refractivity contribution in [3.05, 3.63) is 28.2 Å². The van der Waals surface area contributed by atoms with E-state index in [1.165, 1.54) is 5.56 Å². The molecule has 0 saturated carbocycles. The second-order valence-electron chi connectivity index (χ2n) is 5.36. The fourth-order valence-corrected chi connectivity index (χ4v) is 2.83. The van der Waals surface area contributed by atoms with Crippen molar-refractivity contribution in [1.82, 2.24) is 0 Å². The molecule has 0 spiro atoms. The fraction of sp³-hybridized carbons (Fsp3) is 0.538. The van der Waals surface area contributed by atoms with Crippen LogP contribution in [-0.2, 0) is 9.31 Å². The molecule has 2 rings (SSSR count). The highest BCUT2D eigenvalue weighted by molar-refractivity contribution is 9.10. The van der Waals surface area contributed by atoms with Gasteiger partial charge in [0.25, 0.3) is 0 Å². The third-order valence-electron chi connectivity index (χ3n) is 3.05. The molecule has 0 unspecified atom stereocenters. The molecule has 0 aliphatic carbocycles. The smallest absolute Gasteiger partial charge is 0.405 e.